The summed E-state index contributed by atoms with van der Waals surface area (Å²) in [5.41, 5.74) is 3.39. The van der Waals surface area contributed by atoms with Crippen LogP contribution in [0.3, 0.4) is 0 Å². The average Bonchev–Trinajstić information content (AvgIpc) is 3.27. The summed E-state index contributed by atoms with van der Waals surface area (Å²) in [6.45, 7) is 1.85. The Bertz CT molecular complexity index is 1400. The smallest absolute Gasteiger partial charge is 0.255 e. The molecule has 34 heavy (non-hydrogen) atoms. The van der Waals surface area contributed by atoms with Crippen molar-refractivity contribution in [3.63, 3.8) is 0 Å². The maximum atomic E-state index is 13.5. The van der Waals surface area contributed by atoms with Crippen molar-refractivity contribution < 1.29 is 9.53 Å². The quantitative estimate of drug-likeness (QED) is 0.427. The van der Waals surface area contributed by atoms with Crippen molar-refractivity contribution in [2.45, 2.75) is 13.0 Å². The molecule has 8 nitrogen and oxygen atoms in total. The Morgan fingerprint density at radius 2 is 2.00 bits per heavy atom. The Balaban J connectivity index is 1.62. The van der Waals surface area contributed by atoms with Crippen molar-refractivity contribution >= 4 is 29.1 Å². The van der Waals surface area contributed by atoms with E-state index in [2.05, 4.69) is 20.6 Å². The first-order chi connectivity index (χ1) is 16.5. The van der Waals surface area contributed by atoms with E-state index in [1.165, 1.54) is 0 Å². The topological polar surface area (TPSA) is 94.0 Å². The van der Waals surface area contributed by atoms with Gasteiger partial charge in [0.2, 0.25) is 5.95 Å². The van der Waals surface area contributed by atoms with Crippen molar-refractivity contribution in [3.05, 3.63) is 94.9 Å². The fraction of sp³-hybridized carbons (Fsp3) is 0.120. The molecule has 3 heterocycles. The lowest BCUT2D eigenvalue weighted by molar-refractivity contribution is -0.113. The van der Waals surface area contributed by atoms with Crippen LogP contribution in [0.5, 0.6) is 5.75 Å². The van der Waals surface area contributed by atoms with Gasteiger partial charge in [0.15, 0.2) is 5.82 Å². The molecule has 0 radical (unpaired) electrons. The zero-order valence-corrected chi connectivity index (χ0v) is 19.2. The van der Waals surface area contributed by atoms with Gasteiger partial charge in [0.05, 0.1) is 24.6 Å². The fourth-order valence-corrected chi connectivity index (χ4v) is 4.14. The fourth-order valence-electron chi connectivity index (χ4n) is 3.95. The Morgan fingerprint density at radius 3 is 2.76 bits per heavy atom. The molecule has 1 aliphatic rings. The number of pyridine rings is 1. The van der Waals surface area contributed by atoms with Gasteiger partial charge < -0.3 is 15.4 Å². The molecule has 1 atom stereocenters. The van der Waals surface area contributed by atoms with Crippen molar-refractivity contribution in [1.29, 1.82) is 0 Å². The molecule has 1 unspecified atom stereocenters. The lowest BCUT2D eigenvalue weighted by Crippen LogP contribution is -2.31. The lowest BCUT2D eigenvalue weighted by atomic mass is 9.95. The molecule has 0 saturated heterocycles. The number of carbonyl (C=O) groups is 1. The largest absolute Gasteiger partial charge is 0.497 e. The van der Waals surface area contributed by atoms with E-state index >= 15 is 0 Å². The molecular weight excluding hydrogens is 452 g/mol. The molecule has 4 aromatic rings. The molecule has 0 saturated carbocycles. The summed E-state index contributed by atoms with van der Waals surface area (Å²) >= 11 is 6.19. The van der Waals surface area contributed by atoms with Crippen LogP contribution < -0.4 is 15.4 Å². The van der Waals surface area contributed by atoms with E-state index in [4.69, 9.17) is 21.4 Å². The van der Waals surface area contributed by atoms with Crippen LogP contribution in [0.2, 0.25) is 5.02 Å². The van der Waals surface area contributed by atoms with E-state index in [0.29, 0.717) is 39.5 Å². The Hall–Kier alpha value is -4.17. The van der Waals surface area contributed by atoms with Gasteiger partial charge >= 0.3 is 0 Å². The second-order valence-corrected chi connectivity index (χ2v) is 8.19. The lowest BCUT2D eigenvalue weighted by Gasteiger charge is -2.28. The second-order valence-electron chi connectivity index (χ2n) is 7.75. The number of aromatic nitrogens is 4. The van der Waals surface area contributed by atoms with Crippen molar-refractivity contribution in [2.24, 2.45) is 0 Å². The monoisotopic (exact) mass is 472 g/mol. The van der Waals surface area contributed by atoms with E-state index in [9.17, 15) is 4.79 Å². The van der Waals surface area contributed by atoms with Crippen LogP contribution in [0.4, 0.5) is 11.6 Å². The zero-order chi connectivity index (χ0) is 23.7. The molecule has 2 aromatic heterocycles. The van der Waals surface area contributed by atoms with Crippen LogP contribution >= 0.6 is 11.6 Å². The highest BCUT2D eigenvalue weighted by atomic mass is 35.5. The molecule has 0 aliphatic carbocycles. The highest BCUT2D eigenvalue weighted by Crippen LogP contribution is 2.38. The minimum absolute atomic E-state index is 0.267. The molecule has 1 amide bonds. The van der Waals surface area contributed by atoms with Gasteiger partial charge in [-0.15, -0.1) is 5.10 Å². The second kappa shape index (κ2) is 8.99. The average molecular weight is 473 g/mol. The van der Waals surface area contributed by atoms with Gasteiger partial charge in [0.1, 0.15) is 11.8 Å². The van der Waals surface area contributed by atoms with E-state index in [1.807, 2.05) is 43.3 Å². The number of anilines is 2. The van der Waals surface area contributed by atoms with Gasteiger partial charge in [0.25, 0.3) is 5.91 Å². The van der Waals surface area contributed by atoms with Crippen molar-refractivity contribution in [2.75, 3.05) is 17.7 Å². The number of methoxy groups -OCH3 is 1. The van der Waals surface area contributed by atoms with Gasteiger partial charge in [-0.2, -0.15) is 4.98 Å². The Labute approximate surface area is 201 Å². The number of halogens is 1. The highest BCUT2D eigenvalue weighted by Gasteiger charge is 2.34. The number of carbonyl (C=O) groups excluding carboxylic acids is 1. The molecule has 5 rings (SSSR count). The molecule has 0 bridgehead atoms. The van der Waals surface area contributed by atoms with Crippen LogP contribution in [0.1, 0.15) is 18.5 Å². The molecule has 1 aliphatic heterocycles. The number of fused-ring (bicyclic) bond motifs is 1. The van der Waals surface area contributed by atoms with Gasteiger partial charge in [-0.1, -0.05) is 35.9 Å². The molecular formula is C25H21ClN6O2. The molecule has 0 spiro atoms. The Morgan fingerprint density at radius 1 is 1.15 bits per heavy atom. The molecule has 0 fully saturated rings. The SMILES string of the molecule is COc1cccc(C2C(C(=O)Nc3cccnc3)=C(C)Nc3nc(-c4cccc(Cl)c4)nn32)c1. The summed E-state index contributed by atoms with van der Waals surface area (Å²) < 4.78 is 7.16. The van der Waals surface area contributed by atoms with E-state index in [-0.39, 0.29) is 5.91 Å². The van der Waals surface area contributed by atoms with Crippen LogP contribution in [0.25, 0.3) is 11.4 Å². The standard InChI is InChI=1S/C25H21ClN6O2/c1-15-21(24(33)29-19-9-5-11-27-14-19)22(16-6-4-10-20(13-16)34-2)32-25(28-15)30-23(31-32)17-7-3-8-18(26)12-17/h3-14,22H,1-2H3,(H,29,33)(H,28,30,31). The molecule has 2 aromatic carbocycles. The summed E-state index contributed by atoms with van der Waals surface area (Å²) in [4.78, 5) is 22.3. The first kappa shape index (κ1) is 21.7. The normalized spacial score (nSPS) is 14.9. The number of nitrogens with zero attached hydrogens (tertiary/aromatic N) is 4. The molecule has 9 heteroatoms. The highest BCUT2D eigenvalue weighted by molar-refractivity contribution is 6.30. The van der Waals surface area contributed by atoms with Crippen LogP contribution in [-0.2, 0) is 4.79 Å². The maximum absolute atomic E-state index is 13.5. The van der Waals surface area contributed by atoms with Gasteiger partial charge in [-0.3, -0.25) is 9.78 Å². The number of hydrogen-bond donors (Lipinski definition) is 2. The third kappa shape index (κ3) is 4.11. The maximum Gasteiger partial charge on any atom is 0.255 e. The first-order valence-corrected chi connectivity index (χ1v) is 11.0. The van der Waals surface area contributed by atoms with Crippen LogP contribution in [-0.4, -0.2) is 32.8 Å². The molecule has 2 N–H and O–H groups in total. The summed E-state index contributed by atoms with van der Waals surface area (Å²) in [5, 5.41) is 11.5. The van der Waals surface area contributed by atoms with Crippen LogP contribution in [0.15, 0.2) is 84.3 Å². The van der Waals surface area contributed by atoms with Gasteiger partial charge in [-0.05, 0) is 48.9 Å². The zero-order valence-electron chi connectivity index (χ0n) is 18.5. The first-order valence-electron chi connectivity index (χ1n) is 10.6. The van der Waals surface area contributed by atoms with Gasteiger partial charge in [0, 0.05) is 22.5 Å². The number of amides is 1. The number of hydrogen-bond acceptors (Lipinski definition) is 6. The summed E-state index contributed by atoms with van der Waals surface area (Å²) in [7, 11) is 1.61. The number of benzene rings is 2. The molecule has 170 valence electrons. The van der Waals surface area contributed by atoms with E-state index in [0.717, 1.165) is 11.1 Å². The number of ether oxygens (including phenoxy) is 1. The van der Waals surface area contributed by atoms with E-state index < -0.39 is 6.04 Å². The minimum atomic E-state index is -0.538. The van der Waals surface area contributed by atoms with Crippen LogP contribution in [0, 0.1) is 0 Å². The minimum Gasteiger partial charge on any atom is -0.497 e. The predicted molar refractivity (Wildman–Crippen MR) is 131 cm³/mol. The van der Waals surface area contributed by atoms with Gasteiger partial charge in [-0.25, -0.2) is 4.68 Å². The number of nitrogens with one attached hydrogen (secondary N) is 2. The van der Waals surface area contributed by atoms with E-state index in [1.54, 1.807) is 48.5 Å². The summed E-state index contributed by atoms with van der Waals surface area (Å²) in [5.74, 6) is 1.44. The number of allylic oxidation sites excluding steroid dienone is 1. The number of rotatable bonds is 5. The predicted octanol–water partition coefficient (Wildman–Crippen LogP) is 4.93. The third-order valence-electron chi connectivity index (χ3n) is 5.51. The van der Waals surface area contributed by atoms with Crippen molar-refractivity contribution in [1.82, 2.24) is 19.7 Å². The Kier molecular flexibility index (Phi) is 5.73. The third-order valence-corrected chi connectivity index (χ3v) is 5.74. The summed E-state index contributed by atoms with van der Waals surface area (Å²) in [6, 6.07) is 17.9. The summed E-state index contributed by atoms with van der Waals surface area (Å²) in [6.07, 6.45) is 3.25. The van der Waals surface area contributed by atoms with Crippen molar-refractivity contribution in [3.8, 4) is 17.1 Å².